The number of nitro groups is 1. The molecule has 8 heteroatoms. The smallest absolute Gasteiger partial charge is 0.306 e. The van der Waals surface area contributed by atoms with Crippen molar-refractivity contribution < 1.29 is 9.31 Å². The van der Waals surface area contributed by atoms with Crippen molar-refractivity contribution in [1.82, 2.24) is 9.97 Å². The van der Waals surface area contributed by atoms with Gasteiger partial charge in [0.2, 0.25) is 11.8 Å². The van der Waals surface area contributed by atoms with Crippen LogP contribution in [-0.2, 0) is 6.42 Å². The van der Waals surface area contributed by atoms with E-state index in [2.05, 4.69) is 34.0 Å². The molecule has 26 heavy (non-hydrogen) atoms. The van der Waals surface area contributed by atoms with E-state index in [-0.39, 0.29) is 0 Å². The summed E-state index contributed by atoms with van der Waals surface area (Å²) in [5.74, 6) is 0.353. The Morgan fingerprint density at radius 3 is 2.85 bits per heavy atom. The molecule has 3 rings (SSSR count). The zero-order valence-corrected chi connectivity index (χ0v) is 14.9. The summed E-state index contributed by atoms with van der Waals surface area (Å²) >= 11 is 0. The molecule has 0 radical (unpaired) electrons. The van der Waals surface area contributed by atoms with Crippen LogP contribution in [0.4, 0.5) is 27.5 Å². The number of nitro benzene ring substituents is 1. The minimum absolute atomic E-state index is 0.367. The first-order valence-electron chi connectivity index (χ1n) is 8.83. The zero-order chi connectivity index (χ0) is 18.7. The van der Waals surface area contributed by atoms with Gasteiger partial charge in [-0.2, -0.15) is 9.37 Å². The Morgan fingerprint density at radius 2 is 2.19 bits per heavy atom. The standard InChI is InChI=1S/C18H22FN5O2/c1-3-5-13-11-17(23-9-4-6-12(23)2)22-18(20-13)21-14-7-8-15(19)16(10-14)24(25)26/h7-8,10-12H,3-6,9H2,1-2H3,(H,20,21,22)/t12-/m1/s1. The lowest BCUT2D eigenvalue weighted by Gasteiger charge is -2.23. The van der Waals surface area contributed by atoms with Crippen LogP contribution in [0.15, 0.2) is 24.3 Å². The third kappa shape index (κ3) is 3.89. The highest BCUT2D eigenvalue weighted by atomic mass is 19.1. The normalized spacial score (nSPS) is 16.7. The summed E-state index contributed by atoms with van der Waals surface area (Å²) in [7, 11) is 0. The zero-order valence-electron chi connectivity index (χ0n) is 14.9. The van der Waals surface area contributed by atoms with Crippen molar-refractivity contribution in [3.63, 3.8) is 0 Å². The van der Waals surface area contributed by atoms with Crippen LogP contribution in [0.2, 0.25) is 0 Å². The van der Waals surface area contributed by atoms with Gasteiger partial charge in [0, 0.05) is 36.1 Å². The van der Waals surface area contributed by atoms with Gasteiger partial charge < -0.3 is 10.2 Å². The second kappa shape index (κ2) is 7.63. The van der Waals surface area contributed by atoms with Gasteiger partial charge in [0.05, 0.1) is 4.92 Å². The third-order valence-electron chi connectivity index (χ3n) is 4.52. The highest BCUT2D eigenvalue weighted by molar-refractivity contribution is 5.59. The van der Waals surface area contributed by atoms with E-state index in [1.54, 1.807) is 0 Å². The number of anilines is 3. The number of aromatic nitrogens is 2. The summed E-state index contributed by atoms with van der Waals surface area (Å²) in [5.41, 5.74) is 0.719. The number of hydrogen-bond acceptors (Lipinski definition) is 6. The number of nitrogens with zero attached hydrogens (tertiary/aromatic N) is 4. The van der Waals surface area contributed by atoms with Crippen molar-refractivity contribution in [2.45, 2.75) is 45.6 Å². The lowest BCUT2D eigenvalue weighted by molar-refractivity contribution is -0.387. The molecule has 1 aliphatic heterocycles. The Morgan fingerprint density at radius 1 is 1.38 bits per heavy atom. The molecular weight excluding hydrogens is 337 g/mol. The lowest BCUT2D eigenvalue weighted by atomic mass is 10.2. The molecular formula is C18H22FN5O2. The summed E-state index contributed by atoms with van der Waals surface area (Å²) < 4.78 is 13.5. The van der Waals surface area contributed by atoms with Crippen LogP contribution in [0.3, 0.4) is 0 Å². The molecule has 1 aromatic carbocycles. The van der Waals surface area contributed by atoms with Crippen LogP contribution < -0.4 is 10.2 Å². The molecule has 2 heterocycles. The maximum atomic E-state index is 13.5. The van der Waals surface area contributed by atoms with Gasteiger partial charge in [-0.05, 0) is 38.3 Å². The highest BCUT2D eigenvalue weighted by Gasteiger charge is 2.23. The summed E-state index contributed by atoms with van der Waals surface area (Å²) in [6, 6.07) is 6.09. The van der Waals surface area contributed by atoms with Crippen molar-refractivity contribution in [2.24, 2.45) is 0 Å². The topological polar surface area (TPSA) is 84.2 Å². The maximum absolute atomic E-state index is 13.5. The molecule has 1 aliphatic rings. The Balaban J connectivity index is 1.92. The van der Waals surface area contributed by atoms with Crippen LogP contribution in [-0.4, -0.2) is 27.5 Å². The van der Waals surface area contributed by atoms with Crippen LogP contribution in [0.5, 0.6) is 0 Å². The van der Waals surface area contributed by atoms with E-state index in [4.69, 9.17) is 0 Å². The van der Waals surface area contributed by atoms with Crippen molar-refractivity contribution in [1.29, 1.82) is 0 Å². The predicted molar refractivity (Wildman–Crippen MR) is 98.4 cm³/mol. The van der Waals surface area contributed by atoms with Crippen LogP contribution >= 0.6 is 0 Å². The fourth-order valence-corrected chi connectivity index (χ4v) is 3.20. The van der Waals surface area contributed by atoms with E-state index in [1.165, 1.54) is 6.07 Å². The average molecular weight is 359 g/mol. The molecule has 0 bridgehead atoms. The van der Waals surface area contributed by atoms with E-state index < -0.39 is 16.4 Å². The SMILES string of the molecule is CCCc1cc(N2CCC[C@H]2C)nc(Nc2ccc(F)c([N+](=O)[O-])c2)n1. The number of rotatable bonds is 6. The molecule has 0 unspecified atom stereocenters. The first kappa shape index (κ1) is 18.0. The van der Waals surface area contributed by atoms with Gasteiger partial charge in [0.25, 0.3) is 0 Å². The van der Waals surface area contributed by atoms with E-state index in [1.807, 2.05) is 6.07 Å². The van der Waals surface area contributed by atoms with E-state index in [0.717, 1.165) is 55.9 Å². The predicted octanol–water partition coefficient (Wildman–Crippen LogP) is 4.21. The van der Waals surface area contributed by atoms with Gasteiger partial charge in [-0.3, -0.25) is 10.1 Å². The second-order valence-corrected chi connectivity index (χ2v) is 6.52. The molecule has 0 amide bonds. The van der Waals surface area contributed by atoms with Crippen molar-refractivity contribution in [3.8, 4) is 0 Å². The van der Waals surface area contributed by atoms with Crippen LogP contribution in [0.25, 0.3) is 0 Å². The van der Waals surface area contributed by atoms with Gasteiger partial charge in [-0.15, -0.1) is 0 Å². The van der Waals surface area contributed by atoms with Gasteiger partial charge in [0.1, 0.15) is 5.82 Å². The molecule has 1 fully saturated rings. The number of nitrogens with one attached hydrogen (secondary N) is 1. The van der Waals surface area contributed by atoms with Gasteiger partial charge in [-0.25, -0.2) is 4.98 Å². The molecule has 0 aliphatic carbocycles. The van der Waals surface area contributed by atoms with Crippen molar-refractivity contribution >= 4 is 23.1 Å². The molecule has 1 N–H and O–H groups in total. The maximum Gasteiger partial charge on any atom is 0.306 e. The summed E-state index contributed by atoms with van der Waals surface area (Å²) in [5, 5.41) is 13.9. The number of benzene rings is 1. The first-order chi connectivity index (χ1) is 12.5. The van der Waals surface area contributed by atoms with Gasteiger partial charge in [0.15, 0.2) is 0 Å². The summed E-state index contributed by atoms with van der Waals surface area (Å²) in [6.07, 6.45) is 4.02. The third-order valence-corrected chi connectivity index (χ3v) is 4.52. The number of aryl methyl sites for hydroxylation is 1. The quantitative estimate of drug-likeness (QED) is 0.614. The highest BCUT2D eigenvalue weighted by Crippen LogP contribution is 2.27. The first-order valence-corrected chi connectivity index (χ1v) is 8.83. The fraction of sp³-hybridized carbons (Fsp3) is 0.444. The van der Waals surface area contributed by atoms with Crippen LogP contribution in [0, 0.1) is 15.9 Å². The minimum atomic E-state index is -0.868. The number of hydrogen-bond donors (Lipinski definition) is 1. The summed E-state index contributed by atoms with van der Waals surface area (Å²) in [4.78, 5) is 21.5. The molecule has 1 saturated heterocycles. The Bertz CT molecular complexity index is 814. The Labute approximate surface area is 151 Å². The molecule has 2 aromatic rings. The molecule has 7 nitrogen and oxygen atoms in total. The van der Waals surface area contributed by atoms with E-state index in [9.17, 15) is 14.5 Å². The summed E-state index contributed by atoms with van der Waals surface area (Å²) in [6.45, 7) is 5.20. The molecule has 1 aromatic heterocycles. The minimum Gasteiger partial charge on any atom is -0.354 e. The fourth-order valence-electron chi connectivity index (χ4n) is 3.20. The van der Waals surface area contributed by atoms with Gasteiger partial charge >= 0.3 is 5.69 Å². The Hall–Kier alpha value is -2.77. The molecule has 138 valence electrons. The van der Waals surface area contributed by atoms with Crippen molar-refractivity contribution in [2.75, 3.05) is 16.8 Å². The lowest BCUT2D eigenvalue weighted by Crippen LogP contribution is -2.27. The van der Waals surface area contributed by atoms with Crippen LogP contribution in [0.1, 0.15) is 38.8 Å². The largest absolute Gasteiger partial charge is 0.354 e. The van der Waals surface area contributed by atoms with Crippen molar-refractivity contribution in [3.05, 3.63) is 45.9 Å². The monoisotopic (exact) mass is 359 g/mol. The second-order valence-electron chi connectivity index (χ2n) is 6.52. The Kier molecular flexibility index (Phi) is 5.29. The van der Waals surface area contributed by atoms with Gasteiger partial charge in [-0.1, -0.05) is 13.3 Å². The van der Waals surface area contributed by atoms with E-state index >= 15 is 0 Å². The number of halogens is 1. The molecule has 0 spiro atoms. The average Bonchev–Trinajstić information content (AvgIpc) is 3.02. The molecule has 1 atom stereocenters. The van der Waals surface area contributed by atoms with E-state index in [0.29, 0.717) is 17.7 Å². The molecule has 0 saturated carbocycles.